The highest BCUT2D eigenvalue weighted by Crippen LogP contribution is 2.31. The Kier molecular flexibility index (Phi) is 8.28. The number of alkyl halides is 3. The molecule has 22 heavy (non-hydrogen) atoms. The highest BCUT2D eigenvalue weighted by Gasteiger charge is 2.31. The summed E-state index contributed by atoms with van der Waals surface area (Å²) < 4.78 is 51.2. The van der Waals surface area contributed by atoms with Gasteiger partial charge in [0.25, 0.3) is 0 Å². The van der Waals surface area contributed by atoms with Gasteiger partial charge in [0.05, 0.1) is 11.3 Å². The van der Waals surface area contributed by atoms with Gasteiger partial charge in [-0.3, -0.25) is 0 Å². The number of halogens is 4. The Hall–Kier alpha value is -1.26. The van der Waals surface area contributed by atoms with E-state index in [0.717, 1.165) is 37.5 Å². The molecule has 0 aliphatic carbocycles. The van der Waals surface area contributed by atoms with Crippen LogP contribution >= 0.6 is 0 Å². The number of anilines is 1. The van der Waals surface area contributed by atoms with Crippen molar-refractivity contribution < 1.29 is 17.6 Å². The van der Waals surface area contributed by atoms with Crippen molar-refractivity contribution in [1.29, 1.82) is 0 Å². The largest absolute Gasteiger partial charge is 0.416 e. The Morgan fingerprint density at radius 1 is 0.909 bits per heavy atom. The average Bonchev–Trinajstić information content (AvgIpc) is 2.46. The molecule has 0 radical (unpaired) electrons. The Labute approximate surface area is 130 Å². The third-order valence-electron chi connectivity index (χ3n) is 3.64. The van der Waals surface area contributed by atoms with Crippen molar-refractivity contribution in [2.75, 3.05) is 11.9 Å². The highest BCUT2D eigenvalue weighted by atomic mass is 19.4. The molecule has 1 aromatic rings. The second-order valence-corrected chi connectivity index (χ2v) is 5.59. The Balaban J connectivity index is 2.25. The number of benzene rings is 1. The molecular formula is C17H25F4N. The van der Waals surface area contributed by atoms with Crippen LogP contribution < -0.4 is 5.32 Å². The zero-order valence-electron chi connectivity index (χ0n) is 13.1. The van der Waals surface area contributed by atoms with Crippen LogP contribution in [0.15, 0.2) is 18.2 Å². The zero-order chi connectivity index (χ0) is 16.4. The van der Waals surface area contributed by atoms with Gasteiger partial charge < -0.3 is 5.32 Å². The van der Waals surface area contributed by atoms with E-state index in [0.29, 0.717) is 6.54 Å². The molecule has 126 valence electrons. The number of nitrogens with one attached hydrogen (secondary N) is 1. The molecule has 1 aromatic carbocycles. The van der Waals surface area contributed by atoms with Crippen molar-refractivity contribution in [3.8, 4) is 0 Å². The third kappa shape index (κ3) is 7.14. The van der Waals surface area contributed by atoms with Crippen molar-refractivity contribution in [3.63, 3.8) is 0 Å². The van der Waals surface area contributed by atoms with Crippen LogP contribution in [-0.2, 0) is 6.18 Å². The maximum absolute atomic E-state index is 13.5. The molecule has 1 N–H and O–H groups in total. The van der Waals surface area contributed by atoms with Crippen molar-refractivity contribution in [3.05, 3.63) is 29.6 Å². The van der Waals surface area contributed by atoms with Gasteiger partial charge in [-0.15, -0.1) is 0 Å². The Morgan fingerprint density at radius 2 is 1.50 bits per heavy atom. The second kappa shape index (κ2) is 9.70. The van der Waals surface area contributed by atoms with Crippen LogP contribution in [0.25, 0.3) is 0 Å². The lowest BCUT2D eigenvalue weighted by molar-refractivity contribution is -0.137. The van der Waals surface area contributed by atoms with Crippen LogP contribution in [0.2, 0.25) is 0 Å². The van der Waals surface area contributed by atoms with E-state index < -0.39 is 17.6 Å². The lowest BCUT2D eigenvalue weighted by Gasteiger charge is -2.11. The highest BCUT2D eigenvalue weighted by molar-refractivity contribution is 5.47. The van der Waals surface area contributed by atoms with E-state index in [1.807, 2.05) is 0 Å². The van der Waals surface area contributed by atoms with Gasteiger partial charge in [0, 0.05) is 6.54 Å². The number of unbranched alkanes of at least 4 members (excludes halogenated alkanes) is 7. The van der Waals surface area contributed by atoms with E-state index in [9.17, 15) is 17.6 Å². The Morgan fingerprint density at radius 3 is 2.09 bits per heavy atom. The lowest BCUT2D eigenvalue weighted by Crippen LogP contribution is -2.08. The normalized spacial score (nSPS) is 11.7. The van der Waals surface area contributed by atoms with Gasteiger partial charge in [-0.25, -0.2) is 4.39 Å². The lowest BCUT2D eigenvalue weighted by atomic mass is 10.1. The summed E-state index contributed by atoms with van der Waals surface area (Å²) in [6, 6.07) is 2.45. The molecule has 0 aliphatic rings. The second-order valence-electron chi connectivity index (χ2n) is 5.59. The van der Waals surface area contributed by atoms with Crippen molar-refractivity contribution >= 4 is 5.69 Å². The molecule has 5 heteroatoms. The fourth-order valence-electron chi connectivity index (χ4n) is 2.32. The number of hydrogen-bond acceptors (Lipinski definition) is 1. The van der Waals surface area contributed by atoms with Crippen LogP contribution in [0.1, 0.15) is 63.9 Å². The summed E-state index contributed by atoms with van der Waals surface area (Å²) in [6.45, 7) is 2.67. The quantitative estimate of drug-likeness (QED) is 0.389. The van der Waals surface area contributed by atoms with Gasteiger partial charge in [0.1, 0.15) is 5.82 Å². The molecule has 0 spiro atoms. The average molecular weight is 319 g/mol. The fraction of sp³-hybridized carbons (Fsp3) is 0.647. The van der Waals surface area contributed by atoms with Gasteiger partial charge >= 0.3 is 6.18 Å². The topological polar surface area (TPSA) is 12.0 Å². The van der Waals surface area contributed by atoms with E-state index in [-0.39, 0.29) is 5.69 Å². The van der Waals surface area contributed by atoms with E-state index in [1.54, 1.807) is 0 Å². The summed E-state index contributed by atoms with van der Waals surface area (Å²) in [5, 5.41) is 2.76. The van der Waals surface area contributed by atoms with Crippen molar-refractivity contribution in [2.45, 2.75) is 64.5 Å². The van der Waals surface area contributed by atoms with Crippen LogP contribution in [0.5, 0.6) is 0 Å². The molecule has 1 rings (SSSR count). The first-order valence-corrected chi connectivity index (χ1v) is 8.05. The SMILES string of the molecule is CCCCCCCCCCNc1cc(C(F)(F)F)ccc1F. The molecule has 0 bridgehead atoms. The van der Waals surface area contributed by atoms with E-state index >= 15 is 0 Å². The zero-order valence-corrected chi connectivity index (χ0v) is 13.1. The maximum Gasteiger partial charge on any atom is 0.416 e. The molecule has 0 aliphatic heterocycles. The summed E-state index contributed by atoms with van der Waals surface area (Å²) in [7, 11) is 0. The number of rotatable bonds is 10. The predicted octanol–water partition coefficient (Wildman–Crippen LogP) is 6.40. The van der Waals surface area contributed by atoms with Gasteiger partial charge in [-0.05, 0) is 24.6 Å². The molecule has 0 fully saturated rings. The van der Waals surface area contributed by atoms with Crippen LogP contribution in [0, 0.1) is 5.82 Å². The summed E-state index contributed by atoms with van der Waals surface area (Å²) in [4.78, 5) is 0. The summed E-state index contributed by atoms with van der Waals surface area (Å²) in [6.07, 6.45) is 4.73. The maximum atomic E-state index is 13.5. The van der Waals surface area contributed by atoms with Crippen LogP contribution in [0.3, 0.4) is 0 Å². The first-order chi connectivity index (χ1) is 10.4. The molecule has 0 heterocycles. The predicted molar refractivity (Wildman–Crippen MR) is 82.5 cm³/mol. The summed E-state index contributed by atoms with van der Waals surface area (Å²) >= 11 is 0. The first kappa shape index (κ1) is 18.8. The fourth-order valence-corrected chi connectivity index (χ4v) is 2.32. The van der Waals surface area contributed by atoms with Crippen molar-refractivity contribution in [2.24, 2.45) is 0 Å². The standard InChI is InChI=1S/C17H25F4N/c1-2-3-4-5-6-7-8-9-12-22-16-13-14(17(19,20)21)10-11-15(16)18/h10-11,13,22H,2-9,12H2,1H3. The molecule has 0 saturated heterocycles. The smallest absolute Gasteiger partial charge is 0.383 e. The molecule has 0 aromatic heterocycles. The minimum atomic E-state index is -4.44. The first-order valence-electron chi connectivity index (χ1n) is 8.05. The molecule has 0 atom stereocenters. The van der Waals surface area contributed by atoms with E-state index in [2.05, 4.69) is 12.2 Å². The van der Waals surface area contributed by atoms with Gasteiger partial charge in [0.15, 0.2) is 0 Å². The Bertz CT molecular complexity index is 429. The summed E-state index contributed by atoms with van der Waals surface area (Å²) in [5.74, 6) is -0.646. The van der Waals surface area contributed by atoms with Crippen LogP contribution in [-0.4, -0.2) is 6.54 Å². The van der Waals surface area contributed by atoms with Gasteiger partial charge in [-0.1, -0.05) is 51.9 Å². The van der Waals surface area contributed by atoms with E-state index in [4.69, 9.17) is 0 Å². The minimum absolute atomic E-state index is 0.0715. The third-order valence-corrected chi connectivity index (χ3v) is 3.64. The molecular weight excluding hydrogens is 294 g/mol. The molecule has 1 nitrogen and oxygen atoms in total. The molecule has 0 amide bonds. The molecule has 0 unspecified atom stereocenters. The van der Waals surface area contributed by atoms with Gasteiger partial charge in [-0.2, -0.15) is 13.2 Å². The summed E-state index contributed by atoms with van der Waals surface area (Å²) in [5.41, 5.74) is -0.898. The van der Waals surface area contributed by atoms with Crippen LogP contribution in [0.4, 0.5) is 23.2 Å². The van der Waals surface area contributed by atoms with E-state index in [1.165, 1.54) is 32.1 Å². The molecule has 0 saturated carbocycles. The van der Waals surface area contributed by atoms with Crippen molar-refractivity contribution in [1.82, 2.24) is 0 Å². The monoisotopic (exact) mass is 319 g/mol. The number of hydrogen-bond donors (Lipinski definition) is 1. The van der Waals surface area contributed by atoms with Gasteiger partial charge in [0.2, 0.25) is 0 Å². The minimum Gasteiger partial charge on any atom is -0.383 e.